The summed E-state index contributed by atoms with van der Waals surface area (Å²) in [5.74, 6) is -0.452. The molecule has 2 aromatic heterocycles. The molecule has 0 fully saturated rings. The number of fused-ring (bicyclic) bond motifs is 3. The van der Waals surface area contributed by atoms with Crippen molar-refractivity contribution in [2.24, 2.45) is 14.1 Å². The van der Waals surface area contributed by atoms with E-state index in [9.17, 15) is 24.8 Å². The molecule has 3 heterocycles. The normalized spacial score (nSPS) is 13.7. The highest BCUT2D eigenvalue weighted by Crippen LogP contribution is 2.39. The predicted octanol–water partition coefficient (Wildman–Crippen LogP) is 2.38. The van der Waals surface area contributed by atoms with Gasteiger partial charge in [0.25, 0.3) is 5.56 Å². The lowest BCUT2D eigenvalue weighted by molar-refractivity contribution is -0.599. The van der Waals surface area contributed by atoms with Crippen LogP contribution in [-0.4, -0.2) is 24.6 Å². The van der Waals surface area contributed by atoms with Gasteiger partial charge in [-0.2, -0.15) is 9.83 Å². The van der Waals surface area contributed by atoms with E-state index in [4.69, 9.17) is 0 Å². The predicted molar refractivity (Wildman–Crippen MR) is 152 cm³/mol. The molecule has 0 spiro atoms. The van der Waals surface area contributed by atoms with E-state index < -0.39 is 17.1 Å². The summed E-state index contributed by atoms with van der Waals surface area (Å²) < 4.78 is 4.40. The monoisotopic (exact) mass is 624 g/mol. The Morgan fingerprint density at radius 1 is 1.21 bits per heavy atom. The molecule has 0 radical (unpaired) electrons. The third-order valence-electron chi connectivity index (χ3n) is 6.82. The summed E-state index contributed by atoms with van der Waals surface area (Å²) in [6.07, 6.45) is 6.39. The third kappa shape index (κ3) is 4.69. The second kappa shape index (κ2) is 10.4. The second-order valence-electron chi connectivity index (χ2n) is 9.55. The summed E-state index contributed by atoms with van der Waals surface area (Å²) in [7, 11) is 2.71. The van der Waals surface area contributed by atoms with Gasteiger partial charge in [0.15, 0.2) is 11.9 Å². The second-order valence-corrected chi connectivity index (χ2v) is 10.3. The maximum Gasteiger partial charge on any atom is 0.333 e. The Balaban J connectivity index is 1.68. The fourth-order valence-electron chi connectivity index (χ4n) is 4.59. The van der Waals surface area contributed by atoms with Crippen molar-refractivity contribution in [2.45, 2.75) is 25.8 Å². The molecule has 1 aromatic carbocycles. The lowest BCUT2D eigenvalue weighted by Crippen LogP contribution is -2.37. The van der Waals surface area contributed by atoms with Crippen LogP contribution in [0.25, 0.3) is 17.3 Å². The molecule has 4 rings (SSSR count). The summed E-state index contributed by atoms with van der Waals surface area (Å²) in [6, 6.07) is 12.2. The third-order valence-corrected chi connectivity index (χ3v) is 7.52. The average Bonchev–Trinajstić information content (AvgIpc) is 3.14. The van der Waals surface area contributed by atoms with Gasteiger partial charge in [-0.25, -0.2) is 4.79 Å². The molecule has 0 unspecified atom stereocenters. The number of nitrogens with one attached hydrogen (secondary N) is 1. The number of hydrogen-bond acceptors (Lipinski definition) is 5. The minimum Gasteiger partial charge on any atom is -0.494 e. The van der Waals surface area contributed by atoms with E-state index in [1.807, 2.05) is 53.1 Å². The molecule has 0 saturated heterocycles. The SMILES string of the molecule is Cn1c(O)c(C=CC=C(C#N)c2cc[n+]3c(c2)C(C)(C)c2cc(CNC(=O)CI)ccc2-3)c(=O)n(C)c1=O. The molecule has 194 valence electrons. The lowest BCUT2D eigenvalue weighted by atomic mass is 9.82. The molecule has 2 N–H and O–H groups in total. The van der Waals surface area contributed by atoms with E-state index in [0.717, 1.165) is 31.6 Å². The first-order valence-corrected chi connectivity index (χ1v) is 13.3. The van der Waals surface area contributed by atoms with Crippen LogP contribution in [0.3, 0.4) is 0 Å². The summed E-state index contributed by atoms with van der Waals surface area (Å²) in [5, 5.41) is 23.0. The van der Waals surface area contributed by atoms with E-state index >= 15 is 0 Å². The van der Waals surface area contributed by atoms with Crippen molar-refractivity contribution in [2.75, 3.05) is 4.43 Å². The highest BCUT2D eigenvalue weighted by Gasteiger charge is 2.43. The van der Waals surface area contributed by atoms with Crippen LogP contribution in [0.2, 0.25) is 0 Å². The molecular weight excluding hydrogens is 597 g/mol. The van der Waals surface area contributed by atoms with E-state index in [1.165, 1.54) is 26.2 Å². The fourth-order valence-corrected chi connectivity index (χ4v) is 4.86. The Morgan fingerprint density at radius 2 is 1.95 bits per heavy atom. The molecule has 1 aliphatic heterocycles. The van der Waals surface area contributed by atoms with Crippen molar-refractivity contribution in [3.8, 4) is 17.6 Å². The molecule has 9 nitrogen and oxygen atoms in total. The minimum absolute atomic E-state index is 0.00980. The number of halogens is 1. The van der Waals surface area contributed by atoms with Crippen LogP contribution in [0, 0.1) is 11.3 Å². The Labute approximate surface area is 233 Å². The standard InChI is InChI=1S/C28H26IN5O4/c1-28(2)21-12-17(16-31-24(35)14-29)8-9-22(21)34-11-10-18(13-23(28)34)19(15-30)6-5-7-20-25(36)32(3)27(38)33(4)26(20)37/h5-13H,14,16H2,1-4H3,(H,31,35)/p+1. The molecule has 0 atom stereocenters. The number of amides is 1. The summed E-state index contributed by atoms with van der Waals surface area (Å²) in [5.41, 5.74) is 3.61. The smallest absolute Gasteiger partial charge is 0.333 e. The van der Waals surface area contributed by atoms with E-state index in [1.54, 1.807) is 6.08 Å². The van der Waals surface area contributed by atoms with Gasteiger partial charge >= 0.3 is 5.69 Å². The van der Waals surface area contributed by atoms with Gasteiger partial charge in [-0.15, -0.1) is 0 Å². The van der Waals surface area contributed by atoms with Crippen molar-refractivity contribution in [1.82, 2.24) is 14.5 Å². The number of nitriles is 1. The Morgan fingerprint density at radius 3 is 2.63 bits per heavy atom. The maximum absolute atomic E-state index is 12.4. The van der Waals surface area contributed by atoms with Crippen LogP contribution in [-0.2, 0) is 30.8 Å². The first kappa shape index (κ1) is 27.1. The zero-order chi connectivity index (χ0) is 27.8. The van der Waals surface area contributed by atoms with Crippen molar-refractivity contribution < 1.29 is 14.5 Å². The average molecular weight is 624 g/mol. The molecule has 0 aliphatic carbocycles. The number of allylic oxidation sites excluding steroid dienone is 3. The quantitative estimate of drug-likeness (QED) is 0.144. The number of pyridine rings is 1. The van der Waals surface area contributed by atoms with Crippen LogP contribution >= 0.6 is 22.6 Å². The minimum atomic E-state index is -0.630. The summed E-state index contributed by atoms with van der Waals surface area (Å²) in [4.78, 5) is 36.1. The van der Waals surface area contributed by atoms with Crippen LogP contribution in [0.1, 0.15) is 41.8 Å². The van der Waals surface area contributed by atoms with Gasteiger partial charge in [0.1, 0.15) is 5.56 Å². The van der Waals surface area contributed by atoms with E-state index in [-0.39, 0.29) is 16.9 Å². The van der Waals surface area contributed by atoms with Gasteiger partial charge in [-0.1, -0.05) is 34.7 Å². The number of carbonyl (C=O) groups is 1. The highest BCUT2D eigenvalue weighted by atomic mass is 127. The van der Waals surface area contributed by atoms with E-state index in [2.05, 4.69) is 35.9 Å². The van der Waals surface area contributed by atoms with Crippen molar-refractivity contribution in [3.05, 3.63) is 97.5 Å². The first-order chi connectivity index (χ1) is 18.0. The largest absolute Gasteiger partial charge is 0.494 e. The zero-order valence-electron chi connectivity index (χ0n) is 21.4. The van der Waals surface area contributed by atoms with Crippen LogP contribution < -0.4 is 21.1 Å². The number of hydrogen-bond donors (Lipinski definition) is 2. The molecule has 10 heteroatoms. The Bertz CT molecular complexity index is 1690. The summed E-state index contributed by atoms with van der Waals surface area (Å²) in [6.45, 7) is 4.70. The van der Waals surface area contributed by atoms with Crippen molar-refractivity contribution >= 4 is 40.1 Å². The van der Waals surface area contributed by atoms with Crippen LogP contribution in [0.4, 0.5) is 0 Å². The van der Waals surface area contributed by atoms with Crippen LogP contribution in [0.5, 0.6) is 5.88 Å². The topological polar surface area (TPSA) is 121 Å². The van der Waals surface area contributed by atoms with Gasteiger partial charge < -0.3 is 10.4 Å². The number of aromatic nitrogens is 3. The van der Waals surface area contributed by atoms with Crippen molar-refractivity contribution in [1.29, 1.82) is 5.26 Å². The number of nitrogens with zero attached hydrogens (tertiary/aromatic N) is 4. The first-order valence-electron chi connectivity index (χ1n) is 11.8. The Hall–Kier alpha value is -3.98. The van der Waals surface area contributed by atoms with Gasteiger partial charge in [0.05, 0.1) is 21.5 Å². The number of benzene rings is 1. The van der Waals surface area contributed by atoms with Crippen molar-refractivity contribution in [3.63, 3.8) is 0 Å². The molecular formula is C28H27IN5O4+. The highest BCUT2D eigenvalue weighted by molar-refractivity contribution is 14.1. The maximum atomic E-state index is 12.4. The number of carbonyl (C=O) groups excluding carboxylic acids is 1. The molecule has 1 amide bonds. The van der Waals surface area contributed by atoms with Gasteiger partial charge in [-0.3, -0.25) is 18.7 Å². The summed E-state index contributed by atoms with van der Waals surface area (Å²) >= 11 is 2.03. The molecule has 1 aliphatic rings. The van der Waals surface area contributed by atoms with E-state index in [0.29, 0.717) is 22.1 Å². The fraction of sp³-hybridized carbons (Fsp3) is 0.250. The number of alkyl halides is 1. The molecule has 0 saturated carbocycles. The van der Waals surface area contributed by atoms with Crippen LogP contribution in [0.15, 0.2) is 58.3 Å². The Kier molecular flexibility index (Phi) is 7.42. The number of rotatable bonds is 6. The molecule has 3 aromatic rings. The van der Waals surface area contributed by atoms with Gasteiger partial charge in [0.2, 0.25) is 17.5 Å². The van der Waals surface area contributed by atoms with Gasteiger partial charge in [-0.05, 0) is 37.6 Å². The molecule has 38 heavy (non-hydrogen) atoms. The lowest BCUT2D eigenvalue weighted by Gasteiger charge is -2.15. The molecule has 0 bridgehead atoms. The zero-order valence-corrected chi connectivity index (χ0v) is 23.6. The number of aromatic hydroxyl groups is 1. The van der Waals surface area contributed by atoms with Gasteiger partial charge in [0, 0.05) is 50.0 Å².